The molecule has 0 bridgehead atoms. The van der Waals surface area contributed by atoms with Crippen LogP contribution in [0.4, 0.5) is 11.5 Å². The molecular weight excluding hydrogens is 602 g/mol. The second-order valence-corrected chi connectivity index (χ2v) is 12.5. The summed E-state index contributed by atoms with van der Waals surface area (Å²) in [5, 5.41) is 9.06. The third-order valence-electron chi connectivity index (χ3n) is 8.47. The molecule has 1 unspecified atom stereocenters. The number of ketones is 1. The maximum Gasteiger partial charge on any atom is 0.228 e. The lowest BCUT2D eigenvalue weighted by Gasteiger charge is -2.31. The van der Waals surface area contributed by atoms with E-state index in [0.717, 1.165) is 69.0 Å². The number of fused-ring (bicyclic) bond motifs is 2. The average Bonchev–Trinajstić information content (AvgIpc) is 3.44. The van der Waals surface area contributed by atoms with Gasteiger partial charge in [0, 0.05) is 76.9 Å². The summed E-state index contributed by atoms with van der Waals surface area (Å²) in [6.07, 6.45) is 5.55. The second-order valence-electron chi connectivity index (χ2n) is 11.6. The van der Waals surface area contributed by atoms with Gasteiger partial charge < -0.3 is 20.5 Å². The van der Waals surface area contributed by atoms with Gasteiger partial charge in [0.15, 0.2) is 5.78 Å². The first kappa shape index (κ1) is 28.9. The van der Waals surface area contributed by atoms with Crippen LogP contribution >= 0.6 is 15.9 Å². The molecule has 6 rings (SSSR count). The minimum atomic E-state index is -0.589. The molecule has 1 aliphatic carbocycles. The molecule has 1 atom stereocenters. The van der Waals surface area contributed by atoms with Crippen molar-refractivity contribution in [3.05, 3.63) is 101 Å². The molecule has 0 saturated heterocycles. The number of Topliss-reactive ketones (excluding diaryl/α,β-unsaturated/α-hetero) is 1. The Morgan fingerprint density at radius 1 is 0.930 bits per heavy atom. The van der Waals surface area contributed by atoms with Crippen molar-refractivity contribution in [2.24, 2.45) is 0 Å². The van der Waals surface area contributed by atoms with E-state index in [-0.39, 0.29) is 30.2 Å². The van der Waals surface area contributed by atoms with Gasteiger partial charge in [0.2, 0.25) is 5.91 Å². The van der Waals surface area contributed by atoms with Crippen molar-refractivity contribution in [3.63, 3.8) is 0 Å². The Labute approximate surface area is 260 Å². The lowest BCUT2D eigenvalue weighted by Crippen LogP contribution is -2.42. The van der Waals surface area contributed by atoms with Gasteiger partial charge in [-0.05, 0) is 55.5 Å². The fraction of sp³-hybridized carbons (Fsp3) is 0.286. The number of pyridine rings is 1. The molecule has 1 saturated carbocycles. The molecule has 2 aromatic heterocycles. The number of amides is 1. The molecular formula is C35H36BrN5O2. The van der Waals surface area contributed by atoms with Crippen molar-refractivity contribution >= 4 is 60.9 Å². The Bertz CT molecular complexity index is 1760. The number of anilines is 2. The van der Waals surface area contributed by atoms with E-state index in [1.54, 1.807) is 12.1 Å². The molecule has 3 N–H and O–H groups in total. The fourth-order valence-corrected chi connectivity index (χ4v) is 6.42. The summed E-state index contributed by atoms with van der Waals surface area (Å²) in [5.74, 6) is 0.138. The monoisotopic (exact) mass is 637 g/mol. The molecule has 1 amide bonds. The minimum absolute atomic E-state index is 0.0502. The van der Waals surface area contributed by atoms with E-state index in [9.17, 15) is 9.59 Å². The third kappa shape index (κ3) is 6.44. The standard InChI is InChI=1S/C35H36BrN5O2/c1-41(2)32-20-34(40-31-10-6-4-8-27(31)32)38-24-15-17-25(18-16-24)39-35(43)28(19-33(42)22-11-13-23(36)14-12-22)29-21-37-30-9-5-3-7-26(29)30/h3-14,20-21,24-25,28,37H,15-19H2,1-2H3,(H,38,40)(H,39,43). The fourth-order valence-electron chi connectivity index (χ4n) is 6.16. The van der Waals surface area contributed by atoms with Gasteiger partial charge in [-0.2, -0.15) is 0 Å². The van der Waals surface area contributed by atoms with Crippen molar-refractivity contribution in [2.45, 2.75) is 50.1 Å². The van der Waals surface area contributed by atoms with Crippen LogP contribution in [-0.4, -0.2) is 47.8 Å². The van der Waals surface area contributed by atoms with E-state index in [2.05, 4.69) is 62.7 Å². The normalized spacial score (nSPS) is 17.5. The van der Waals surface area contributed by atoms with Gasteiger partial charge in [0.1, 0.15) is 5.82 Å². The molecule has 2 heterocycles. The topological polar surface area (TPSA) is 90.1 Å². The van der Waals surface area contributed by atoms with Crippen molar-refractivity contribution in [3.8, 4) is 0 Å². The molecule has 5 aromatic rings. The van der Waals surface area contributed by atoms with Gasteiger partial charge in [-0.25, -0.2) is 4.98 Å². The van der Waals surface area contributed by atoms with E-state index in [0.29, 0.717) is 5.56 Å². The van der Waals surface area contributed by atoms with E-state index < -0.39 is 5.92 Å². The van der Waals surface area contributed by atoms with Gasteiger partial charge in [0.25, 0.3) is 0 Å². The zero-order valence-corrected chi connectivity index (χ0v) is 26.0. The number of H-pyrrole nitrogens is 1. The molecule has 0 spiro atoms. The van der Waals surface area contributed by atoms with Crippen LogP contribution in [-0.2, 0) is 4.79 Å². The average molecular weight is 639 g/mol. The number of nitrogens with one attached hydrogen (secondary N) is 3. The van der Waals surface area contributed by atoms with Gasteiger partial charge in [-0.3, -0.25) is 9.59 Å². The summed E-state index contributed by atoms with van der Waals surface area (Å²) >= 11 is 3.43. The molecule has 8 heteroatoms. The third-order valence-corrected chi connectivity index (χ3v) is 9.00. The van der Waals surface area contributed by atoms with Crippen molar-refractivity contribution in [2.75, 3.05) is 24.3 Å². The maximum atomic E-state index is 13.9. The molecule has 0 radical (unpaired) electrons. The SMILES string of the molecule is CN(C)c1cc(NC2CCC(NC(=O)C(CC(=O)c3ccc(Br)cc3)c3c[nH]c4ccccc34)CC2)nc2ccccc12. The molecule has 7 nitrogen and oxygen atoms in total. The molecule has 0 aliphatic heterocycles. The van der Waals surface area contributed by atoms with E-state index in [4.69, 9.17) is 4.98 Å². The van der Waals surface area contributed by atoms with Crippen LogP contribution in [0.3, 0.4) is 0 Å². The number of benzene rings is 3. The highest BCUT2D eigenvalue weighted by Crippen LogP contribution is 2.32. The number of carbonyl (C=O) groups excluding carboxylic acids is 2. The molecule has 1 aliphatic rings. The van der Waals surface area contributed by atoms with Crippen LogP contribution < -0.4 is 15.5 Å². The van der Waals surface area contributed by atoms with Gasteiger partial charge in [0.05, 0.1) is 11.4 Å². The largest absolute Gasteiger partial charge is 0.377 e. The van der Waals surface area contributed by atoms with Crippen LogP contribution in [0.5, 0.6) is 0 Å². The number of halogens is 1. The van der Waals surface area contributed by atoms with Gasteiger partial charge >= 0.3 is 0 Å². The number of aromatic nitrogens is 2. The highest BCUT2D eigenvalue weighted by Gasteiger charge is 2.30. The highest BCUT2D eigenvalue weighted by molar-refractivity contribution is 9.10. The summed E-state index contributed by atoms with van der Waals surface area (Å²) in [4.78, 5) is 37.5. The number of hydrogen-bond donors (Lipinski definition) is 3. The zero-order valence-electron chi connectivity index (χ0n) is 24.4. The Morgan fingerprint density at radius 3 is 2.35 bits per heavy atom. The lowest BCUT2D eigenvalue weighted by molar-refractivity contribution is -0.123. The van der Waals surface area contributed by atoms with Gasteiger partial charge in [-0.15, -0.1) is 0 Å². The molecule has 1 fully saturated rings. The lowest BCUT2D eigenvalue weighted by atomic mass is 9.88. The number of aromatic amines is 1. The number of rotatable bonds is 9. The first-order valence-corrected chi connectivity index (χ1v) is 15.6. The minimum Gasteiger partial charge on any atom is -0.377 e. The van der Waals surface area contributed by atoms with Crippen molar-refractivity contribution in [1.82, 2.24) is 15.3 Å². The molecule has 3 aromatic carbocycles. The van der Waals surface area contributed by atoms with Crippen LogP contribution in [0.15, 0.2) is 89.5 Å². The second kappa shape index (κ2) is 12.6. The first-order chi connectivity index (χ1) is 20.9. The van der Waals surface area contributed by atoms with E-state index in [1.807, 2.05) is 60.8 Å². The van der Waals surface area contributed by atoms with Crippen LogP contribution in [0.2, 0.25) is 0 Å². The first-order valence-electron chi connectivity index (χ1n) is 14.8. The van der Waals surface area contributed by atoms with E-state index >= 15 is 0 Å². The Kier molecular flexibility index (Phi) is 8.47. The molecule has 220 valence electrons. The van der Waals surface area contributed by atoms with Crippen molar-refractivity contribution in [1.29, 1.82) is 0 Å². The van der Waals surface area contributed by atoms with Crippen LogP contribution in [0, 0.1) is 0 Å². The summed E-state index contributed by atoms with van der Waals surface area (Å²) in [5.41, 5.74) is 4.52. The summed E-state index contributed by atoms with van der Waals surface area (Å²) in [6.45, 7) is 0. The number of carbonyl (C=O) groups is 2. The smallest absolute Gasteiger partial charge is 0.228 e. The Hall–Kier alpha value is -4.17. The van der Waals surface area contributed by atoms with Crippen LogP contribution in [0.1, 0.15) is 53.9 Å². The number of nitrogens with zero attached hydrogens (tertiary/aromatic N) is 2. The predicted octanol–water partition coefficient (Wildman–Crippen LogP) is 7.44. The molecule has 43 heavy (non-hydrogen) atoms. The predicted molar refractivity (Wildman–Crippen MR) is 178 cm³/mol. The summed E-state index contributed by atoms with van der Waals surface area (Å²) in [6, 6.07) is 25.9. The summed E-state index contributed by atoms with van der Waals surface area (Å²) < 4.78 is 0.912. The summed E-state index contributed by atoms with van der Waals surface area (Å²) in [7, 11) is 4.10. The van der Waals surface area contributed by atoms with Gasteiger partial charge in [-0.1, -0.05) is 64.5 Å². The Morgan fingerprint density at radius 2 is 1.60 bits per heavy atom. The van der Waals surface area contributed by atoms with Crippen molar-refractivity contribution < 1.29 is 9.59 Å². The Balaban J connectivity index is 1.14. The quantitative estimate of drug-likeness (QED) is 0.146. The van der Waals surface area contributed by atoms with Crippen LogP contribution in [0.25, 0.3) is 21.8 Å². The highest BCUT2D eigenvalue weighted by atomic mass is 79.9. The van der Waals surface area contributed by atoms with E-state index in [1.165, 1.54) is 0 Å². The maximum absolute atomic E-state index is 13.9. The zero-order chi connectivity index (χ0) is 29.9. The number of para-hydroxylation sites is 2. The number of hydrogen-bond acceptors (Lipinski definition) is 5.